The Morgan fingerprint density at radius 1 is 0.595 bits per heavy atom. The molecule has 1 heterocycles. The second-order valence-corrected chi connectivity index (χ2v) is 8.88. The number of hydrogen-bond acceptors (Lipinski definition) is 5. The van der Waals surface area contributed by atoms with Crippen molar-refractivity contribution < 1.29 is 9.47 Å². The van der Waals surface area contributed by atoms with Crippen LogP contribution in [0.1, 0.15) is 11.1 Å². The van der Waals surface area contributed by atoms with Crippen LogP contribution in [0.3, 0.4) is 0 Å². The van der Waals surface area contributed by atoms with Gasteiger partial charge < -0.3 is 20.9 Å². The predicted octanol–water partition coefficient (Wildman–Crippen LogP) is 6.86. The lowest BCUT2D eigenvalue weighted by molar-refractivity contribution is 0.414. The molecule has 0 aliphatic carbocycles. The van der Waals surface area contributed by atoms with Crippen LogP contribution in [0.25, 0.3) is 33.6 Å². The van der Waals surface area contributed by atoms with Crippen LogP contribution in [0.5, 0.6) is 11.5 Å². The molecule has 5 aromatic rings. The van der Waals surface area contributed by atoms with Gasteiger partial charge in [0, 0.05) is 28.9 Å². The Labute approximate surface area is 217 Å². The maximum atomic E-state index is 6.02. The van der Waals surface area contributed by atoms with Gasteiger partial charge in [-0.25, -0.2) is 4.98 Å². The first kappa shape index (κ1) is 23.9. The molecular weight excluding hydrogens is 458 g/mol. The van der Waals surface area contributed by atoms with E-state index in [4.69, 9.17) is 25.9 Å². The number of anilines is 2. The van der Waals surface area contributed by atoms with E-state index in [2.05, 4.69) is 30.3 Å². The summed E-state index contributed by atoms with van der Waals surface area (Å²) < 4.78 is 10.8. The van der Waals surface area contributed by atoms with Crippen LogP contribution < -0.4 is 20.9 Å². The third-order valence-electron chi connectivity index (χ3n) is 6.46. The number of ether oxygens (including phenoxy) is 2. The Bertz CT molecular complexity index is 1490. The predicted molar refractivity (Wildman–Crippen MR) is 152 cm³/mol. The molecule has 0 spiro atoms. The number of pyridine rings is 1. The number of rotatable bonds is 7. The van der Waals surface area contributed by atoms with Crippen molar-refractivity contribution >= 4 is 11.4 Å². The van der Waals surface area contributed by atoms with Gasteiger partial charge in [-0.1, -0.05) is 48.5 Å². The van der Waals surface area contributed by atoms with Crippen molar-refractivity contribution in [2.24, 2.45) is 0 Å². The van der Waals surface area contributed by atoms with E-state index in [1.165, 1.54) is 0 Å². The summed E-state index contributed by atoms with van der Waals surface area (Å²) in [4.78, 5) is 5.19. The summed E-state index contributed by atoms with van der Waals surface area (Å²) in [6.45, 7) is 0. The van der Waals surface area contributed by atoms with Crippen molar-refractivity contribution in [1.29, 1.82) is 0 Å². The van der Waals surface area contributed by atoms with E-state index in [1.807, 2.05) is 72.8 Å². The molecule has 0 bridgehead atoms. The third kappa shape index (κ3) is 5.26. The maximum absolute atomic E-state index is 6.02. The molecular formula is C32H29N3O2. The number of benzene rings is 4. The summed E-state index contributed by atoms with van der Waals surface area (Å²) in [6, 6.07) is 34.2. The lowest BCUT2D eigenvalue weighted by Crippen LogP contribution is -2.02. The van der Waals surface area contributed by atoms with Gasteiger partial charge in [0.2, 0.25) is 0 Å². The van der Waals surface area contributed by atoms with Crippen molar-refractivity contribution in [2.75, 3.05) is 25.7 Å². The molecule has 0 fully saturated rings. The normalized spacial score (nSPS) is 10.8. The van der Waals surface area contributed by atoms with E-state index in [9.17, 15) is 0 Å². The molecule has 0 saturated carbocycles. The monoisotopic (exact) mass is 487 g/mol. The van der Waals surface area contributed by atoms with Crippen LogP contribution >= 0.6 is 0 Å². The van der Waals surface area contributed by atoms with E-state index in [0.29, 0.717) is 17.8 Å². The van der Waals surface area contributed by atoms with Gasteiger partial charge in [-0.05, 0) is 76.9 Å². The standard InChI is InChI=1S/C32H29N3O2/c1-36-27-15-3-21(4-16-27)19-30-29(22-9-17-28(37-2)18-10-22)20-31(23-5-11-25(33)12-6-23)35-32(30)24-7-13-26(34)14-8-24/h3-18,20H,19,33-34H2,1-2H3. The number of methoxy groups -OCH3 is 2. The number of hydrogen-bond donors (Lipinski definition) is 2. The molecule has 0 aliphatic rings. The zero-order valence-corrected chi connectivity index (χ0v) is 20.9. The minimum absolute atomic E-state index is 0.695. The number of nitrogen functional groups attached to an aromatic ring is 2. The number of nitrogens with zero attached hydrogens (tertiary/aromatic N) is 1. The Morgan fingerprint density at radius 3 is 1.62 bits per heavy atom. The maximum Gasteiger partial charge on any atom is 0.118 e. The fraction of sp³-hybridized carbons (Fsp3) is 0.0938. The zero-order valence-electron chi connectivity index (χ0n) is 20.9. The average molecular weight is 488 g/mol. The zero-order chi connectivity index (χ0) is 25.8. The van der Waals surface area contributed by atoms with Crippen LogP contribution in [0, 0.1) is 0 Å². The quantitative estimate of drug-likeness (QED) is 0.245. The molecule has 0 amide bonds. The average Bonchev–Trinajstić information content (AvgIpc) is 2.94. The SMILES string of the molecule is COc1ccc(Cc2c(-c3ccc(OC)cc3)cc(-c3ccc(N)cc3)nc2-c2ccc(N)cc2)cc1. The first-order valence-corrected chi connectivity index (χ1v) is 12.1. The highest BCUT2D eigenvalue weighted by atomic mass is 16.5. The second-order valence-electron chi connectivity index (χ2n) is 8.88. The fourth-order valence-electron chi connectivity index (χ4n) is 4.41. The van der Waals surface area contributed by atoms with Crippen LogP contribution in [-0.2, 0) is 6.42 Å². The Morgan fingerprint density at radius 2 is 1.08 bits per heavy atom. The largest absolute Gasteiger partial charge is 0.497 e. The van der Waals surface area contributed by atoms with E-state index >= 15 is 0 Å². The van der Waals surface area contributed by atoms with Gasteiger partial charge in [-0.3, -0.25) is 0 Å². The Kier molecular flexibility index (Phi) is 6.77. The highest BCUT2D eigenvalue weighted by molar-refractivity contribution is 5.82. The molecule has 0 atom stereocenters. The van der Waals surface area contributed by atoms with Crippen LogP contribution in [0.2, 0.25) is 0 Å². The molecule has 5 rings (SSSR count). The molecule has 0 unspecified atom stereocenters. The second kappa shape index (κ2) is 10.5. The molecule has 1 aromatic heterocycles. The lowest BCUT2D eigenvalue weighted by atomic mass is 9.90. The van der Waals surface area contributed by atoms with Gasteiger partial charge in [-0.2, -0.15) is 0 Å². The summed E-state index contributed by atoms with van der Waals surface area (Å²) >= 11 is 0. The van der Waals surface area contributed by atoms with Crippen molar-refractivity contribution in [3.05, 3.63) is 114 Å². The van der Waals surface area contributed by atoms with Crippen LogP contribution in [0.4, 0.5) is 11.4 Å². The highest BCUT2D eigenvalue weighted by Gasteiger charge is 2.18. The fourth-order valence-corrected chi connectivity index (χ4v) is 4.41. The van der Waals surface area contributed by atoms with E-state index in [0.717, 1.165) is 56.3 Å². The molecule has 0 saturated heterocycles. The van der Waals surface area contributed by atoms with Crippen molar-refractivity contribution in [3.8, 4) is 45.1 Å². The molecule has 4 aromatic carbocycles. The first-order chi connectivity index (χ1) is 18.0. The van der Waals surface area contributed by atoms with Gasteiger partial charge in [0.1, 0.15) is 11.5 Å². The molecule has 5 heteroatoms. The minimum Gasteiger partial charge on any atom is -0.497 e. The van der Waals surface area contributed by atoms with Crippen molar-refractivity contribution in [2.45, 2.75) is 6.42 Å². The van der Waals surface area contributed by atoms with Crippen LogP contribution in [-0.4, -0.2) is 19.2 Å². The summed E-state index contributed by atoms with van der Waals surface area (Å²) in [5.41, 5.74) is 21.7. The van der Waals surface area contributed by atoms with Gasteiger partial charge in [0.15, 0.2) is 0 Å². The Hall–Kier alpha value is -4.77. The highest BCUT2D eigenvalue weighted by Crippen LogP contribution is 2.37. The number of aromatic nitrogens is 1. The summed E-state index contributed by atoms with van der Waals surface area (Å²) in [5.74, 6) is 1.64. The molecule has 37 heavy (non-hydrogen) atoms. The van der Waals surface area contributed by atoms with Crippen LogP contribution in [0.15, 0.2) is 103 Å². The van der Waals surface area contributed by atoms with Gasteiger partial charge in [-0.15, -0.1) is 0 Å². The molecule has 0 radical (unpaired) electrons. The third-order valence-corrected chi connectivity index (χ3v) is 6.46. The van der Waals surface area contributed by atoms with E-state index in [-0.39, 0.29) is 0 Å². The number of nitrogens with two attached hydrogens (primary N) is 2. The Balaban J connectivity index is 1.75. The topological polar surface area (TPSA) is 83.4 Å². The van der Waals surface area contributed by atoms with Gasteiger partial charge in [0.25, 0.3) is 0 Å². The lowest BCUT2D eigenvalue weighted by Gasteiger charge is -2.18. The summed E-state index contributed by atoms with van der Waals surface area (Å²) in [5, 5.41) is 0. The summed E-state index contributed by atoms with van der Waals surface area (Å²) in [6.07, 6.45) is 0.695. The molecule has 4 N–H and O–H groups in total. The van der Waals surface area contributed by atoms with Gasteiger partial charge in [0.05, 0.1) is 25.6 Å². The molecule has 0 aliphatic heterocycles. The van der Waals surface area contributed by atoms with Gasteiger partial charge >= 0.3 is 0 Å². The van der Waals surface area contributed by atoms with Crippen molar-refractivity contribution in [3.63, 3.8) is 0 Å². The first-order valence-electron chi connectivity index (χ1n) is 12.1. The van der Waals surface area contributed by atoms with E-state index < -0.39 is 0 Å². The van der Waals surface area contributed by atoms with E-state index in [1.54, 1.807) is 14.2 Å². The minimum atomic E-state index is 0.695. The smallest absolute Gasteiger partial charge is 0.118 e. The molecule has 5 nitrogen and oxygen atoms in total. The summed E-state index contributed by atoms with van der Waals surface area (Å²) in [7, 11) is 3.35. The van der Waals surface area contributed by atoms with Crippen molar-refractivity contribution in [1.82, 2.24) is 4.98 Å². The molecule has 184 valence electrons.